The minimum Gasteiger partial charge on any atom is -0.504 e. The average molecular weight is 399 g/mol. The first-order valence-corrected chi connectivity index (χ1v) is 10.7. The topological polar surface area (TPSA) is 81.7 Å². The van der Waals surface area contributed by atoms with E-state index in [4.69, 9.17) is 9.72 Å². The van der Waals surface area contributed by atoms with E-state index in [9.17, 15) is 9.90 Å². The molecular formula is C22H30N4O3. The van der Waals surface area contributed by atoms with Crippen molar-refractivity contribution in [2.45, 2.75) is 45.1 Å². The molecule has 2 saturated heterocycles. The summed E-state index contributed by atoms with van der Waals surface area (Å²) in [7, 11) is 0. The molecule has 2 aliphatic rings. The largest absolute Gasteiger partial charge is 0.504 e. The summed E-state index contributed by atoms with van der Waals surface area (Å²) < 4.78 is 5.49. The Hall–Kier alpha value is -2.54. The molecular weight excluding hydrogens is 368 g/mol. The maximum atomic E-state index is 12.2. The molecule has 2 fully saturated rings. The average Bonchev–Trinajstić information content (AvgIpc) is 3.26. The molecule has 3 heterocycles. The number of aromatic nitrogens is 2. The summed E-state index contributed by atoms with van der Waals surface area (Å²) in [6.45, 7) is 6.90. The Labute approximate surface area is 171 Å². The van der Waals surface area contributed by atoms with Gasteiger partial charge in [-0.25, -0.2) is 4.98 Å². The molecule has 0 radical (unpaired) electrons. The fourth-order valence-corrected chi connectivity index (χ4v) is 4.35. The Bertz CT molecular complexity index is 884. The number of hydrogen-bond donors (Lipinski definition) is 2. The summed E-state index contributed by atoms with van der Waals surface area (Å²) in [6.07, 6.45) is 4.23. The number of aromatic hydroxyl groups is 1. The normalized spacial score (nSPS) is 18.3. The van der Waals surface area contributed by atoms with Gasteiger partial charge in [0.1, 0.15) is 0 Å². The van der Waals surface area contributed by atoms with Crippen LogP contribution in [-0.4, -0.2) is 52.8 Å². The monoisotopic (exact) mass is 398 g/mol. The number of benzene rings is 1. The number of phenols is 1. The lowest BCUT2D eigenvalue weighted by Gasteiger charge is -2.32. The fourth-order valence-electron chi connectivity index (χ4n) is 4.35. The van der Waals surface area contributed by atoms with E-state index in [2.05, 4.69) is 14.8 Å². The first kappa shape index (κ1) is 19.8. The lowest BCUT2D eigenvalue weighted by molar-refractivity contribution is 0.200. The van der Waals surface area contributed by atoms with Gasteiger partial charge in [0.05, 0.1) is 12.3 Å². The van der Waals surface area contributed by atoms with Crippen LogP contribution in [0.4, 0.5) is 5.95 Å². The van der Waals surface area contributed by atoms with Crippen LogP contribution in [0.2, 0.25) is 0 Å². The highest BCUT2D eigenvalue weighted by Crippen LogP contribution is 2.33. The van der Waals surface area contributed by atoms with Crippen LogP contribution in [-0.2, 0) is 6.54 Å². The molecule has 0 spiro atoms. The molecule has 156 valence electrons. The first-order valence-electron chi connectivity index (χ1n) is 10.7. The molecule has 1 aromatic carbocycles. The molecule has 2 aromatic rings. The number of ether oxygens (including phenoxy) is 1. The third-order valence-corrected chi connectivity index (χ3v) is 5.94. The van der Waals surface area contributed by atoms with E-state index in [0.29, 0.717) is 24.8 Å². The Morgan fingerprint density at radius 1 is 1.21 bits per heavy atom. The molecule has 7 nitrogen and oxygen atoms in total. The van der Waals surface area contributed by atoms with Gasteiger partial charge in [0.15, 0.2) is 11.5 Å². The highest BCUT2D eigenvalue weighted by atomic mass is 16.5. The molecule has 7 heteroatoms. The van der Waals surface area contributed by atoms with Gasteiger partial charge in [0, 0.05) is 37.2 Å². The van der Waals surface area contributed by atoms with E-state index in [1.54, 1.807) is 12.1 Å². The van der Waals surface area contributed by atoms with Crippen molar-refractivity contribution >= 4 is 5.95 Å². The summed E-state index contributed by atoms with van der Waals surface area (Å²) in [5.41, 5.74) is 1.74. The van der Waals surface area contributed by atoms with Crippen LogP contribution in [0.3, 0.4) is 0 Å². The quantitative estimate of drug-likeness (QED) is 0.779. The number of anilines is 1. The Kier molecular flexibility index (Phi) is 6.04. The third-order valence-electron chi connectivity index (χ3n) is 5.94. The second-order valence-electron chi connectivity index (χ2n) is 7.94. The first-order chi connectivity index (χ1) is 14.1. The second-order valence-corrected chi connectivity index (χ2v) is 7.94. The van der Waals surface area contributed by atoms with Crippen molar-refractivity contribution in [3.05, 3.63) is 45.9 Å². The Morgan fingerprint density at radius 3 is 2.69 bits per heavy atom. The van der Waals surface area contributed by atoms with E-state index < -0.39 is 0 Å². The molecule has 0 atom stereocenters. The molecule has 0 bridgehead atoms. The Balaban J connectivity index is 1.40. The molecule has 0 aliphatic carbocycles. The number of piperidine rings is 1. The summed E-state index contributed by atoms with van der Waals surface area (Å²) in [4.78, 5) is 24.4. The zero-order valence-electron chi connectivity index (χ0n) is 17.1. The highest BCUT2D eigenvalue weighted by Gasteiger charge is 2.24. The van der Waals surface area contributed by atoms with Crippen LogP contribution in [0.1, 0.15) is 49.8 Å². The molecule has 4 rings (SSSR count). The number of hydrogen-bond acceptors (Lipinski definition) is 6. The Morgan fingerprint density at radius 2 is 1.97 bits per heavy atom. The van der Waals surface area contributed by atoms with Crippen molar-refractivity contribution in [3.8, 4) is 11.5 Å². The van der Waals surface area contributed by atoms with E-state index in [-0.39, 0.29) is 11.3 Å². The van der Waals surface area contributed by atoms with Crippen molar-refractivity contribution in [1.29, 1.82) is 0 Å². The van der Waals surface area contributed by atoms with Gasteiger partial charge < -0.3 is 14.7 Å². The summed E-state index contributed by atoms with van der Waals surface area (Å²) in [5.74, 6) is 1.81. The van der Waals surface area contributed by atoms with E-state index in [0.717, 1.165) is 69.1 Å². The van der Waals surface area contributed by atoms with Crippen LogP contribution in [0.15, 0.2) is 29.1 Å². The van der Waals surface area contributed by atoms with Crippen molar-refractivity contribution in [2.75, 3.05) is 37.7 Å². The van der Waals surface area contributed by atoms with Crippen LogP contribution >= 0.6 is 0 Å². The van der Waals surface area contributed by atoms with Gasteiger partial charge in [0.2, 0.25) is 5.95 Å². The second kappa shape index (κ2) is 8.86. The molecule has 2 aliphatic heterocycles. The number of rotatable bonds is 6. The number of likely N-dealkylation sites (tertiary alicyclic amines) is 1. The number of phenolic OH excluding ortho intramolecular Hbond substituents is 1. The van der Waals surface area contributed by atoms with Crippen LogP contribution in [0.25, 0.3) is 0 Å². The highest BCUT2D eigenvalue weighted by molar-refractivity contribution is 5.45. The smallest absolute Gasteiger partial charge is 0.252 e. The van der Waals surface area contributed by atoms with Gasteiger partial charge >= 0.3 is 0 Å². The summed E-state index contributed by atoms with van der Waals surface area (Å²) in [5, 5.41) is 10.4. The van der Waals surface area contributed by atoms with Crippen molar-refractivity contribution in [2.24, 2.45) is 0 Å². The van der Waals surface area contributed by atoms with Crippen molar-refractivity contribution in [1.82, 2.24) is 14.9 Å². The van der Waals surface area contributed by atoms with Gasteiger partial charge in [-0.15, -0.1) is 0 Å². The molecule has 0 saturated carbocycles. The summed E-state index contributed by atoms with van der Waals surface area (Å²) >= 11 is 0. The van der Waals surface area contributed by atoms with Gasteiger partial charge in [-0.2, -0.15) is 0 Å². The van der Waals surface area contributed by atoms with Gasteiger partial charge in [-0.05, 0) is 51.8 Å². The maximum absolute atomic E-state index is 12.2. The number of para-hydroxylation sites is 1. The lowest BCUT2D eigenvalue weighted by Crippen LogP contribution is -2.33. The molecule has 29 heavy (non-hydrogen) atoms. The maximum Gasteiger partial charge on any atom is 0.252 e. The molecule has 1 aromatic heterocycles. The SMILES string of the molecule is CCOc1cccc(CN2CCC(c3cc(=O)[nH]c(N4CCCC4)n3)CC2)c1O. The van der Waals surface area contributed by atoms with E-state index in [1.807, 2.05) is 19.1 Å². The van der Waals surface area contributed by atoms with Gasteiger partial charge in [-0.1, -0.05) is 12.1 Å². The zero-order chi connectivity index (χ0) is 20.2. The van der Waals surface area contributed by atoms with Crippen LogP contribution < -0.4 is 15.2 Å². The minimum atomic E-state index is -0.0583. The van der Waals surface area contributed by atoms with Crippen LogP contribution in [0.5, 0.6) is 11.5 Å². The predicted octanol–water partition coefficient (Wildman–Crippen LogP) is 2.85. The van der Waals surface area contributed by atoms with Crippen LogP contribution in [0, 0.1) is 0 Å². The summed E-state index contributed by atoms with van der Waals surface area (Å²) in [6, 6.07) is 7.33. The van der Waals surface area contributed by atoms with Gasteiger partial charge in [-0.3, -0.25) is 14.7 Å². The zero-order valence-corrected chi connectivity index (χ0v) is 17.1. The number of H-pyrrole nitrogens is 1. The number of nitrogens with zero attached hydrogens (tertiary/aromatic N) is 3. The molecule has 0 amide bonds. The predicted molar refractivity (Wildman–Crippen MR) is 113 cm³/mol. The molecule has 0 unspecified atom stereocenters. The third kappa shape index (κ3) is 4.56. The lowest BCUT2D eigenvalue weighted by atomic mass is 9.93. The van der Waals surface area contributed by atoms with E-state index in [1.165, 1.54) is 0 Å². The minimum absolute atomic E-state index is 0.0583. The fraction of sp³-hybridized carbons (Fsp3) is 0.545. The standard InChI is InChI=1S/C22H30N4O3/c1-2-29-19-7-5-6-17(21(19)28)15-25-12-8-16(9-13-25)18-14-20(27)24-22(23-18)26-10-3-4-11-26/h5-7,14,16,28H,2-4,8-13,15H2,1H3,(H,23,24,27). The van der Waals surface area contributed by atoms with Gasteiger partial charge in [0.25, 0.3) is 5.56 Å². The number of nitrogens with one attached hydrogen (secondary N) is 1. The van der Waals surface area contributed by atoms with Crippen molar-refractivity contribution in [3.63, 3.8) is 0 Å². The molecule has 2 N–H and O–H groups in total. The van der Waals surface area contributed by atoms with Crippen molar-refractivity contribution < 1.29 is 9.84 Å². The number of aromatic amines is 1. The van der Waals surface area contributed by atoms with E-state index >= 15 is 0 Å².